The van der Waals surface area contributed by atoms with Gasteiger partial charge in [0.25, 0.3) is 5.89 Å². The van der Waals surface area contributed by atoms with Crippen molar-refractivity contribution in [2.75, 3.05) is 0 Å². The minimum atomic E-state index is -4.45. The Kier molecular flexibility index (Phi) is 5.50. The van der Waals surface area contributed by atoms with Crippen molar-refractivity contribution >= 4 is 11.9 Å². The summed E-state index contributed by atoms with van der Waals surface area (Å²) in [5.41, 5.74) is 1.02. The van der Waals surface area contributed by atoms with Gasteiger partial charge in [-0.2, -0.15) is 23.3 Å². The van der Waals surface area contributed by atoms with Crippen LogP contribution >= 0.6 is 11.9 Å². The molecule has 11 heteroatoms. The standard InChI is InChI=1S/C20H13F3N6OS/c1-29-17(8-7-14-6-5-13(10-25-14)20(21,22)23)16(11-26-29)19-27-18(28-30-19)12-3-2-4-15(9-12)31-24/h2-6,9-11H,24H2,1H3. The summed E-state index contributed by atoms with van der Waals surface area (Å²) in [6, 6.07) is 9.49. The first kappa shape index (κ1) is 20.6. The molecule has 1 aromatic carbocycles. The van der Waals surface area contributed by atoms with Crippen LogP contribution < -0.4 is 5.14 Å². The van der Waals surface area contributed by atoms with Crippen molar-refractivity contribution in [1.29, 1.82) is 0 Å². The molecule has 0 fully saturated rings. The fourth-order valence-electron chi connectivity index (χ4n) is 2.66. The zero-order valence-corrected chi connectivity index (χ0v) is 16.7. The van der Waals surface area contributed by atoms with E-state index in [9.17, 15) is 13.2 Å². The van der Waals surface area contributed by atoms with Crippen LogP contribution in [-0.4, -0.2) is 24.9 Å². The molecule has 3 aromatic heterocycles. The number of rotatable bonds is 3. The number of alkyl halides is 3. The average molecular weight is 442 g/mol. The summed E-state index contributed by atoms with van der Waals surface area (Å²) in [6.45, 7) is 0. The molecule has 0 amide bonds. The second-order valence-electron chi connectivity index (χ2n) is 6.28. The Morgan fingerprint density at radius 1 is 1.13 bits per heavy atom. The van der Waals surface area contributed by atoms with Gasteiger partial charge >= 0.3 is 6.18 Å². The fourth-order valence-corrected chi connectivity index (χ4v) is 3.01. The number of hydrogen-bond donors (Lipinski definition) is 1. The normalized spacial score (nSPS) is 11.3. The lowest BCUT2D eigenvalue weighted by atomic mass is 10.2. The largest absolute Gasteiger partial charge is 0.417 e. The molecule has 3 heterocycles. The molecule has 4 rings (SSSR count). The Hall–Kier alpha value is -3.62. The second-order valence-corrected chi connectivity index (χ2v) is 6.99. The summed E-state index contributed by atoms with van der Waals surface area (Å²) in [4.78, 5) is 9.00. The van der Waals surface area contributed by atoms with Gasteiger partial charge in [0.2, 0.25) is 5.82 Å². The van der Waals surface area contributed by atoms with Crippen molar-refractivity contribution in [3.63, 3.8) is 0 Å². The molecule has 0 aliphatic carbocycles. The minimum absolute atomic E-state index is 0.183. The SMILES string of the molecule is Cn1ncc(-c2nc(-c3cccc(SN)c3)no2)c1C#Cc1ccc(C(F)(F)F)cn1. The Labute approximate surface area is 178 Å². The van der Waals surface area contributed by atoms with E-state index in [1.54, 1.807) is 7.05 Å². The first-order chi connectivity index (χ1) is 14.8. The van der Waals surface area contributed by atoms with Crippen molar-refractivity contribution in [1.82, 2.24) is 24.9 Å². The van der Waals surface area contributed by atoms with Crippen LogP contribution in [0.5, 0.6) is 0 Å². The van der Waals surface area contributed by atoms with Crippen LogP contribution in [0.4, 0.5) is 13.2 Å². The molecule has 0 unspecified atom stereocenters. The predicted octanol–water partition coefficient (Wildman–Crippen LogP) is 3.92. The summed E-state index contributed by atoms with van der Waals surface area (Å²) in [5, 5.41) is 13.7. The van der Waals surface area contributed by atoms with E-state index in [1.165, 1.54) is 16.9 Å². The number of hydrogen-bond acceptors (Lipinski definition) is 7. The van der Waals surface area contributed by atoms with E-state index in [4.69, 9.17) is 9.66 Å². The van der Waals surface area contributed by atoms with Gasteiger partial charge in [-0.3, -0.25) is 9.82 Å². The molecule has 0 saturated carbocycles. The molecule has 0 saturated heterocycles. The van der Waals surface area contributed by atoms with Crippen molar-refractivity contribution in [3.05, 3.63) is 65.7 Å². The maximum atomic E-state index is 12.7. The molecule has 0 aliphatic heterocycles. The minimum Gasteiger partial charge on any atom is -0.333 e. The Morgan fingerprint density at radius 2 is 1.97 bits per heavy atom. The van der Waals surface area contributed by atoms with E-state index < -0.39 is 11.7 Å². The summed E-state index contributed by atoms with van der Waals surface area (Å²) >= 11 is 1.11. The van der Waals surface area contributed by atoms with Crippen LogP contribution in [0.3, 0.4) is 0 Å². The van der Waals surface area contributed by atoms with E-state index in [0.717, 1.165) is 34.7 Å². The second kappa shape index (κ2) is 8.25. The van der Waals surface area contributed by atoms with E-state index in [2.05, 4.69) is 32.1 Å². The summed E-state index contributed by atoms with van der Waals surface area (Å²) in [7, 11) is 1.67. The Balaban J connectivity index is 1.64. The highest BCUT2D eigenvalue weighted by molar-refractivity contribution is 7.97. The van der Waals surface area contributed by atoms with Crippen molar-refractivity contribution in [2.45, 2.75) is 11.1 Å². The number of nitrogens with zero attached hydrogens (tertiary/aromatic N) is 5. The summed E-state index contributed by atoms with van der Waals surface area (Å²) in [6.07, 6.45) is -2.19. The Morgan fingerprint density at radius 3 is 2.68 bits per heavy atom. The van der Waals surface area contributed by atoms with Crippen LogP contribution in [0.15, 0.2) is 58.2 Å². The van der Waals surface area contributed by atoms with Crippen molar-refractivity contribution in [2.24, 2.45) is 12.2 Å². The number of nitrogens with two attached hydrogens (primary N) is 1. The Bertz CT molecular complexity index is 1280. The molecule has 0 atom stereocenters. The number of aromatic nitrogens is 5. The first-order valence-electron chi connectivity index (χ1n) is 8.73. The lowest BCUT2D eigenvalue weighted by Crippen LogP contribution is -2.05. The van der Waals surface area contributed by atoms with Crippen LogP contribution in [0, 0.1) is 11.8 Å². The van der Waals surface area contributed by atoms with Crippen LogP contribution in [0.1, 0.15) is 17.0 Å². The molecule has 2 N–H and O–H groups in total. The molecular formula is C20H13F3N6OS. The third kappa shape index (κ3) is 4.45. The van der Waals surface area contributed by atoms with Gasteiger partial charge in [0.05, 0.1) is 17.3 Å². The molecule has 4 aromatic rings. The zero-order chi connectivity index (χ0) is 22.0. The molecule has 0 bridgehead atoms. The van der Waals surface area contributed by atoms with Crippen LogP contribution in [0.25, 0.3) is 22.8 Å². The quantitative estimate of drug-likeness (QED) is 0.380. The lowest BCUT2D eigenvalue weighted by molar-refractivity contribution is -0.137. The number of halogens is 3. The highest BCUT2D eigenvalue weighted by Gasteiger charge is 2.30. The third-order valence-corrected chi connectivity index (χ3v) is 4.75. The first-order valence-corrected chi connectivity index (χ1v) is 9.61. The number of pyridine rings is 1. The maximum absolute atomic E-state index is 12.7. The highest BCUT2D eigenvalue weighted by Crippen LogP contribution is 2.28. The van der Waals surface area contributed by atoms with Gasteiger partial charge in [-0.15, -0.1) is 0 Å². The van der Waals surface area contributed by atoms with Crippen molar-refractivity contribution in [3.8, 4) is 34.7 Å². The predicted molar refractivity (Wildman–Crippen MR) is 107 cm³/mol. The van der Waals surface area contributed by atoms with Gasteiger partial charge in [-0.1, -0.05) is 17.3 Å². The summed E-state index contributed by atoms with van der Waals surface area (Å²) < 4.78 is 44.9. The smallest absolute Gasteiger partial charge is 0.333 e. The van der Waals surface area contributed by atoms with Crippen LogP contribution in [-0.2, 0) is 13.2 Å². The maximum Gasteiger partial charge on any atom is 0.417 e. The fraction of sp³-hybridized carbons (Fsp3) is 0.100. The average Bonchev–Trinajstić information content (AvgIpc) is 3.39. The van der Waals surface area contributed by atoms with Gasteiger partial charge in [-0.05, 0) is 48.1 Å². The third-order valence-electron chi connectivity index (χ3n) is 4.22. The molecule has 0 spiro atoms. The lowest BCUT2D eigenvalue weighted by Gasteiger charge is -2.04. The van der Waals surface area contributed by atoms with E-state index in [-0.39, 0.29) is 11.6 Å². The van der Waals surface area contributed by atoms with E-state index in [1.807, 2.05) is 24.3 Å². The van der Waals surface area contributed by atoms with Crippen LogP contribution in [0.2, 0.25) is 0 Å². The number of benzene rings is 1. The van der Waals surface area contributed by atoms with Gasteiger partial charge in [0.15, 0.2) is 0 Å². The molecule has 31 heavy (non-hydrogen) atoms. The highest BCUT2D eigenvalue weighted by atomic mass is 32.2. The number of aryl methyl sites for hydroxylation is 1. The van der Waals surface area contributed by atoms with Gasteiger partial charge < -0.3 is 4.52 Å². The zero-order valence-electron chi connectivity index (χ0n) is 15.9. The summed E-state index contributed by atoms with van der Waals surface area (Å²) in [5.74, 6) is 6.18. The van der Waals surface area contributed by atoms with E-state index >= 15 is 0 Å². The van der Waals surface area contributed by atoms with Gasteiger partial charge in [0, 0.05) is 23.7 Å². The molecule has 7 nitrogen and oxygen atoms in total. The molecule has 0 radical (unpaired) electrons. The van der Waals surface area contributed by atoms with Gasteiger partial charge in [0.1, 0.15) is 11.4 Å². The van der Waals surface area contributed by atoms with Crippen molar-refractivity contribution < 1.29 is 17.7 Å². The topological polar surface area (TPSA) is 95.7 Å². The molecule has 0 aliphatic rings. The molecular weight excluding hydrogens is 429 g/mol. The monoisotopic (exact) mass is 442 g/mol. The van der Waals surface area contributed by atoms with Gasteiger partial charge in [-0.25, -0.2) is 4.98 Å². The van der Waals surface area contributed by atoms with E-state index in [0.29, 0.717) is 17.1 Å². The molecule has 156 valence electrons.